The van der Waals surface area contributed by atoms with Crippen LogP contribution in [0.2, 0.25) is 0 Å². The SMILES string of the molecule is CCOC(=O)c1cc2c(nc(C)n2COCc2ccccc2)c(NCc2c(C)cccc2CC)n1. The summed E-state index contributed by atoms with van der Waals surface area (Å²) in [5.74, 6) is 0.878. The van der Waals surface area contributed by atoms with E-state index in [0.717, 1.165) is 23.3 Å². The van der Waals surface area contributed by atoms with E-state index in [9.17, 15) is 4.79 Å². The zero-order valence-electron chi connectivity index (χ0n) is 20.8. The summed E-state index contributed by atoms with van der Waals surface area (Å²) in [6.45, 7) is 9.62. The second-order valence-electron chi connectivity index (χ2n) is 8.41. The lowest BCUT2D eigenvalue weighted by molar-refractivity contribution is 0.0519. The average Bonchev–Trinajstić information content (AvgIpc) is 3.19. The lowest BCUT2D eigenvalue weighted by Gasteiger charge is -2.14. The fourth-order valence-electron chi connectivity index (χ4n) is 4.18. The Hall–Kier alpha value is -3.71. The van der Waals surface area contributed by atoms with Gasteiger partial charge < -0.3 is 19.4 Å². The Morgan fingerprint density at radius 3 is 2.57 bits per heavy atom. The fraction of sp³-hybridized carbons (Fsp3) is 0.321. The van der Waals surface area contributed by atoms with E-state index in [1.807, 2.05) is 41.8 Å². The predicted molar refractivity (Wildman–Crippen MR) is 137 cm³/mol. The van der Waals surface area contributed by atoms with Crippen molar-refractivity contribution in [2.45, 2.75) is 54.0 Å². The standard InChI is InChI=1S/C28H32N4O3/c1-5-22-14-10-11-19(3)23(22)16-29-27-26-25(15-24(31-27)28(33)35-6-2)32(20(4)30-26)18-34-17-21-12-8-7-9-13-21/h7-15H,5-6,16-18H2,1-4H3,(H,29,31). The number of carbonyl (C=O) groups is 1. The number of nitrogens with zero attached hydrogens (tertiary/aromatic N) is 3. The van der Waals surface area contributed by atoms with Gasteiger partial charge in [-0.05, 0) is 55.5 Å². The lowest BCUT2D eigenvalue weighted by Crippen LogP contribution is -2.12. The van der Waals surface area contributed by atoms with Gasteiger partial charge in [0, 0.05) is 6.54 Å². The van der Waals surface area contributed by atoms with E-state index in [1.54, 1.807) is 13.0 Å². The molecule has 0 saturated carbocycles. The van der Waals surface area contributed by atoms with Crippen LogP contribution >= 0.6 is 0 Å². The highest BCUT2D eigenvalue weighted by atomic mass is 16.5. The van der Waals surface area contributed by atoms with Crippen LogP contribution in [0.15, 0.2) is 54.6 Å². The van der Waals surface area contributed by atoms with Gasteiger partial charge in [-0.2, -0.15) is 0 Å². The van der Waals surface area contributed by atoms with Gasteiger partial charge in [0.05, 0.1) is 18.7 Å². The molecule has 0 unspecified atom stereocenters. The number of rotatable bonds is 10. The molecule has 1 N–H and O–H groups in total. The number of aromatic nitrogens is 3. The van der Waals surface area contributed by atoms with Gasteiger partial charge in [0.1, 0.15) is 18.1 Å². The largest absolute Gasteiger partial charge is 0.461 e. The number of anilines is 1. The lowest BCUT2D eigenvalue weighted by atomic mass is 10.00. The molecule has 0 saturated heterocycles. The van der Waals surface area contributed by atoms with Crippen molar-refractivity contribution in [3.8, 4) is 0 Å². The number of imidazole rings is 1. The maximum Gasteiger partial charge on any atom is 0.357 e. The summed E-state index contributed by atoms with van der Waals surface area (Å²) in [7, 11) is 0. The third-order valence-electron chi connectivity index (χ3n) is 6.06. The van der Waals surface area contributed by atoms with Crippen molar-refractivity contribution in [2.24, 2.45) is 0 Å². The van der Waals surface area contributed by atoms with Crippen LogP contribution in [-0.2, 0) is 35.8 Å². The zero-order valence-corrected chi connectivity index (χ0v) is 20.8. The molecule has 0 spiro atoms. The van der Waals surface area contributed by atoms with Crippen LogP contribution in [0.4, 0.5) is 5.82 Å². The number of hydrogen-bond acceptors (Lipinski definition) is 6. The Kier molecular flexibility index (Phi) is 7.77. The molecule has 2 aromatic heterocycles. The number of esters is 1. The molecule has 0 amide bonds. The molecular weight excluding hydrogens is 440 g/mol. The van der Waals surface area contributed by atoms with Crippen LogP contribution in [0.25, 0.3) is 11.0 Å². The van der Waals surface area contributed by atoms with Crippen LogP contribution in [0.3, 0.4) is 0 Å². The fourth-order valence-corrected chi connectivity index (χ4v) is 4.18. The van der Waals surface area contributed by atoms with Crippen molar-refractivity contribution in [1.29, 1.82) is 0 Å². The van der Waals surface area contributed by atoms with E-state index >= 15 is 0 Å². The minimum absolute atomic E-state index is 0.242. The number of fused-ring (bicyclic) bond motifs is 1. The molecular formula is C28H32N4O3. The predicted octanol–water partition coefficient (Wildman–Crippen LogP) is 5.57. The maximum absolute atomic E-state index is 12.6. The summed E-state index contributed by atoms with van der Waals surface area (Å²) < 4.78 is 13.2. The zero-order chi connectivity index (χ0) is 24.8. The second kappa shape index (κ2) is 11.1. The van der Waals surface area contributed by atoms with E-state index in [-0.39, 0.29) is 12.3 Å². The summed E-state index contributed by atoms with van der Waals surface area (Å²) in [5, 5.41) is 3.44. The molecule has 35 heavy (non-hydrogen) atoms. The van der Waals surface area contributed by atoms with Crippen molar-refractivity contribution < 1.29 is 14.3 Å². The Balaban J connectivity index is 1.67. The molecule has 0 aliphatic rings. The molecule has 182 valence electrons. The van der Waals surface area contributed by atoms with E-state index in [2.05, 4.69) is 42.3 Å². The molecule has 2 heterocycles. The van der Waals surface area contributed by atoms with Gasteiger partial charge in [-0.1, -0.05) is 55.5 Å². The highest BCUT2D eigenvalue weighted by molar-refractivity contribution is 5.95. The first kappa shape index (κ1) is 24.4. The Labute approximate surface area is 206 Å². The van der Waals surface area contributed by atoms with Crippen LogP contribution < -0.4 is 5.32 Å². The van der Waals surface area contributed by atoms with E-state index in [0.29, 0.717) is 31.2 Å². The number of pyridine rings is 1. The van der Waals surface area contributed by atoms with Gasteiger partial charge in [-0.25, -0.2) is 14.8 Å². The molecule has 0 radical (unpaired) electrons. The first-order valence-corrected chi connectivity index (χ1v) is 12.0. The van der Waals surface area contributed by atoms with Gasteiger partial charge >= 0.3 is 5.97 Å². The molecule has 0 aliphatic heterocycles. The minimum Gasteiger partial charge on any atom is -0.461 e. The Morgan fingerprint density at radius 1 is 1.03 bits per heavy atom. The maximum atomic E-state index is 12.6. The van der Waals surface area contributed by atoms with Gasteiger partial charge in [0.2, 0.25) is 0 Å². The van der Waals surface area contributed by atoms with Gasteiger partial charge in [0.25, 0.3) is 0 Å². The number of aryl methyl sites for hydroxylation is 3. The van der Waals surface area contributed by atoms with Crippen LogP contribution in [0, 0.1) is 13.8 Å². The third kappa shape index (κ3) is 5.52. The first-order chi connectivity index (χ1) is 17.0. The summed E-state index contributed by atoms with van der Waals surface area (Å²) in [6.07, 6.45) is 0.941. The molecule has 0 aliphatic carbocycles. The Morgan fingerprint density at radius 2 is 1.83 bits per heavy atom. The van der Waals surface area contributed by atoms with Crippen molar-refractivity contribution >= 4 is 22.8 Å². The van der Waals surface area contributed by atoms with Crippen LogP contribution in [0.5, 0.6) is 0 Å². The molecule has 2 aromatic carbocycles. The Bertz CT molecular complexity index is 1320. The monoisotopic (exact) mass is 472 g/mol. The van der Waals surface area contributed by atoms with Gasteiger partial charge in [-0.3, -0.25) is 0 Å². The number of nitrogens with one attached hydrogen (secondary N) is 1. The van der Waals surface area contributed by atoms with Crippen LogP contribution in [-0.4, -0.2) is 27.1 Å². The quantitative estimate of drug-likeness (QED) is 0.304. The number of carbonyl (C=O) groups excluding carboxylic acids is 1. The highest BCUT2D eigenvalue weighted by Crippen LogP contribution is 2.26. The molecule has 0 atom stereocenters. The highest BCUT2D eigenvalue weighted by Gasteiger charge is 2.19. The van der Waals surface area contributed by atoms with Crippen molar-refractivity contribution in [3.05, 3.63) is 88.4 Å². The van der Waals surface area contributed by atoms with Gasteiger partial charge in [-0.15, -0.1) is 0 Å². The van der Waals surface area contributed by atoms with E-state index in [4.69, 9.17) is 14.5 Å². The minimum atomic E-state index is -0.460. The second-order valence-corrected chi connectivity index (χ2v) is 8.41. The van der Waals surface area contributed by atoms with E-state index in [1.165, 1.54) is 16.7 Å². The third-order valence-corrected chi connectivity index (χ3v) is 6.06. The molecule has 0 bridgehead atoms. The number of ether oxygens (including phenoxy) is 2. The molecule has 4 rings (SSSR count). The molecule has 7 nitrogen and oxygen atoms in total. The van der Waals surface area contributed by atoms with Crippen molar-refractivity contribution in [2.75, 3.05) is 11.9 Å². The topological polar surface area (TPSA) is 78.3 Å². The van der Waals surface area contributed by atoms with Crippen LogP contribution in [0.1, 0.15) is 52.4 Å². The smallest absolute Gasteiger partial charge is 0.357 e. The summed E-state index contributed by atoms with van der Waals surface area (Å²) in [6, 6.07) is 18.1. The van der Waals surface area contributed by atoms with Crippen molar-refractivity contribution in [1.82, 2.24) is 14.5 Å². The summed E-state index contributed by atoms with van der Waals surface area (Å²) >= 11 is 0. The van der Waals surface area contributed by atoms with Crippen molar-refractivity contribution in [3.63, 3.8) is 0 Å². The summed E-state index contributed by atoms with van der Waals surface area (Å²) in [5.41, 5.74) is 6.54. The molecule has 4 aromatic rings. The van der Waals surface area contributed by atoms with E-state index < -0.39 is 5.97 Å². The molecule has 0 fully saturated rings. The number of benzene rings is 2. The normalized spacial score (nSPS) is 11.1. The number of hydrogen-bond donors (Lipinski definition) is 1. The summed E-state index contributed by atoms with van der Waals surface area (Å²) in [4.78, 5) is 22.0. The average molecular weight is 473 g/mol. The first-order valence-electron chi connectivity index (χ1n) is 12.0. The molecule has 7 heteroatoms. The van der Waals surface area contributed by atoms with Gasteiger partial charge in [0.15, 0.2) is 11.5 Å².